The van der Waals surface area contributed by atoms with Crippen molar-refractivity contribution in [3.8, 4) is 0 Å². The Hall–Kier alpha value is -2.49. The van der Waals surface area contributed by atoms with Gasteiger partial charge in [-0.05, 0) is 36.2 Å². The molecular formula is C22H17Cl2N3. The third kappa shape index (κ3) is 2.78. The van der Waals surface area contributed by atoms with E-state index in [0.717, 1.165) is 29.0 Å². The molecule has 0 spiro atoms. The highest BCUT2D eigenvalue weighted by Crippen LogP contribution is 2.44. The summed E-state index contributed by atoms with van der Waals surface area (Å²) in [7, 11) is 0. The van der Waals surface area contributed by atoms with E-state index in [0.29, 0.717) is 10.0 Å². The zero-order valence-electron chi connectivity index (χ0n) is 14.4. The van der Waals surface area contributed by atoms with Crippen LogP contribution in [0.4, 0.5) is 5.95 Å². The van der Waals surface area contributed by atoms with Crippen molar-refractivity contribution in [3.05, 3.63) is 94.0 Å². The Morgan fingerprint density at radius 3 is 2.33 bits per heavy atom. The molecule has 0 fully saturated rings. The van der Waals surface area contributed by atoms with Crippen molar-refractivity contribution in [1.82, 2.24) is 9.55 Å². The Morgan fingerprint density at radius 1 is 0.852 bits per heavy atom. The lowest BCUT2D eigenvalue weighted by atomic mass is 9.92. The Labute approximate surface area is 167 Å². The average molecular weight is 394 g/mol. The first-order chi connectivity index (χ1) is 13.2. The fourth-order valence-corrected chi connectivity index (χ4v) is 4.64. The maximum Gasteiger partial charge on any atom is 0.204 e. The van der Waals surface area contributed by atoms with E-state index in [1.807, 2.05) is 42.5 Å². The number of hydrogen-bond acceptors (Lipinski definition) is 2. The van der Waals surface area contributed by atoms with Gasteiger partial charge in [-0.25, -0.2) is 4.98 Å². The van der Waals surface area contributed by atoms with Gasteiger partial charge in [-0.15, -0.1) is 0 Å². The van der Waals surface area contributed by atoms with E-state index in [-0.39, 0.29) is 12.1 Å². The average Bonchev–Trinajstić information content (AvgIpc) is 3.07. The fraction of sp³-hybridized carbons (Fsp3) is 0.136. The van der Waals surface area contributed by atoms with Crippen molar-refractivity contribution < 1.29 is 0 Å². The second-order valence-corrected chi connectivity index (χ2v) is 7.60. The number of benzene rings is 3. The highest BCUT2D eigenvalue weighted by molar-refractivity contribution is 6.36. The molecule has 27 heavy (non-hydrogen) atoms. The lowest BCUT2D eigenvalue weighted by Gasteiger charge is -2.34. The van der Waals surface area contributed by atoms with E-state index < -0.39 is 0 Å². The van der Waals surface area contributed by atoms with Crippen LogP contribution in [0.25, 0.3) is 11.0 Å². The minimum Gasteiger partial charge on any atom is -0.349 e. The van der Waals surface area contributed by atoms with Crippen LogP contribution in [0.15, 0.2) is 72.8 Å². The summed E-state index contributed by atoms with van der Waals surface area (Å²) in [4.78, 5) is 4.83. The van der Waals surface area contributed by atoms with Crippen LogP contribution in [0.2, 0.25) is 10.0 Å². The first-order valence-electron chi connectivity index (χ1n) is 8.95. The zero-order valence-corrected chi connectivity index (χ0v) is 16.0. The van der Waals surface area contributed by atoms with Gasteiger partial charge in [0.1, 0.15) is 0 Å². The molecule has 1 aliphatic rings. The minimum atomic E-state index is 0.0000520. The van der Waals surface area contributed by atoms with Gasteiger partial charge in [-0.2, -0.15) is 0 Å². The molecular weight excluding hydrogens is 377 g/mol. The van der Waals surface area contributed by atoms with Gasteiger partial charge in [-0.3, -0.25) is 0 Å². The van der Waals surface area contributed by atoms with Gasteiger partial charge in [0.2, 0.25) is 5.95 Å². The maximum atomic E-state index is 6.60. The van der Waals surface area contributed by atoms with E-state index >= 15 is 0 Å². The van der Waals surface area contributed by atoms with Gasteiger partial charge in [-0.1, -0.05) is 71.7 Å². The molecule has 0 radical (unpaired) electrons. The van der Waals surface area contributed by atoms with E-state index in [1.54, 1.807) is 0 Å². The third-order valence-corrected chi connectivity index (χ3v) is 5.86. The van der Waals surface area contributed by atoms with Gasteiger partial charge in [0.15, 0.2) is 0 Å². The van der Waals surface area contributed by atoms with Crippen molar-refractivity contribution in [1.29, 1.82) is 0 Å². The van der Waals surface area contributed by atoms with Crippen LogP contribution in [0.3, 0.4) is 0 Å². The molecule has 1 aromatic heterocycles. The number of nitrogens with one attached hydrogen (secondary N) is 1. The topological polar surface area (TPSA) is 29.9 Å². The molecule has 0 unspecified atom stereocenters. The van der Waals surface area contributed by atoms with Crippen LogP contribution >= 0.6 is 23.2 Å². The molecule has 1 N–H and O–H groups in total. The molecule has 1 aliphatic heterocycles. The van der Waals surface area contributed by atoms with Crippen LogP contribution in [-0.2, 0) is 0 Å². The summed E-state index contributed by atoms with van der Waals surface area (Å²) >= 11 is 13.2. The van der Waals surface area contributed by atoms with Crippen molar-refractivity contribution in [2.75, 3.05) is 5.32 Å². The molecule has 2 heterocycles. The number of rotatable bonds is 2. The van der Waals surface area contributed by atoms with Gasteiger partial charge in [0.05, 0.1) is 23.1 Å². The van der Waals surface area contributed by atoms with Crippen LogP contribution < -0.4 is 5.32 Å². The molecule has 0 saturated heterocycles. The van der Waals surface area contributed by atoms with Crippen LogP contribution in [0, 0.1) is 0 Å². The van der Waals surface area contributed by atoms with Gasteiger partial charge in [0, 0.05) is 15.6 Å². The Balaban J connectivity index is 1.73. The first kappa shape index (κ1) is 16.7. The van der Waals surface area contributed by atoms with Crippen molar-refractivity contribution >= 4 is 40.2 Å². The first-order valence-corrected chi connectivity index (χ1v) is 9.70. The summed E-state index contributed by atoms with van der Waals surface area (Å²) < 4.78 is 2.22. The number of anilines is 1. The molecule has 5 heteroatoms. The molecule has 134 valence electrons. The molecule has 0 amide bonds. The number of nitrogens with zero attached hydrogens (tertiary/aromatic N) is 2. The van der Waals surface area contributed by atoms with Crippen molar-refractivity contribution in [3.63, 3.8) is 0 Å². The number of aromatic nitrogens is 2. The zero-order chi connectivity index (χ0) is 18.4. The molecule has 0 bridgehead atoms. The van der Waals surface area contributed by atoms with E-state index in [4.69, 9.17) is 28.2 Å². The highest BCUT2D eigenvalue weighted by Gasteiger charge is 2.33. The third-order valence-electron chi connectivity index (χ3n) is 5.20. The van der Waals surface area contributed by atoms with E-state index in [9.17, 15) is 0 Å². The van der Waals surface area contributed by atoms with Crippen LogP contribution in [0.5, 0.6) is 0 Å². The highest BCUT2D eigenvalue weighted by atomic mass is 35.5. The lowest BCUT2D eigenvalue weighted by Crippen LogP contribution is -2.27. The minimum absolute atomic E-state index is 0.0000520. The van der Waals surface area contributed by atoms with E-state index in [1.165, 1.54) is 5.56 Å². The molecule has 3 aromatic carbocycles. The Morgan fingerprint density at radius 2 is 1.56 bits per heavy atom. The molecule has 5 rings (SSSR count). The standard InChI is InChI=1S/C22H17Cl2N3/c23-15-9-6-10-16(24)21(15)20-13-18(14-7-2-1-3-8-14)26-22-25-17-11-4-5-12-19(17)27(20)22/h1-12,18,20H,13H2,(H,25,26)/t18-,20+/m1/s1. The second-order valence-electron chi connectivity index (χ2n) is 6.79. The molecule has 3 nitrogen and oxygen atoms in total. The maximum absolute atomic E-state index is 6.60. The SMILES string of the molecule is Clc1cccc(Cl)c1[C@@H]1C[C@H](c2ccccc2)Nc2nc3ccccc3n21. The van der Waals surface area contributed by atoms with Gasteiger partial charge in [0.25, 0.3) is 0 Å². The molecule has 4 aromatic rings. The Bertz CT molecular complexity index is 1100. The van der Waals surface area contributed by atoms with Gasteiger partial charge < -0.3 is 9.88 Å². The number of halogens is 2. The largest absolute Gasteiger partial charge is 0.349 e. The number of imidazole rings is 1. The molecule has 0 saturated carbocycles. The lowest BCUT2D eigenvalue weighted by molar-refractivity contribution is 0.478. The molecule has 0 aliphatic carbocycles. The quantitative estimate of drug-likeness (QED) is 0.421. The summed E-state index contributed by atoms with van der Waals surface area (Å²) in [6.07, 6.45) is 0.834. The summed E-state index contributed by atoms with van der Waals surface area (Å²) in [6.45, 7) is 0. The smallest absolute Gasteiger partial charge is 0.204 e. The summed E-state index contributed by atoms with van der Waals surface area (Å²) in [6, 6.07) is 24.4. The number of hydrogen-bond donors (Lipinski definition) is 1. The van der Waals surface area contributed by atoms with Crippen LogP contribution in [0.1, 0.15) is 29.6 Å². The number of fused-ring (bicyclic) bond motifs is 3. The second kappa shape index (κ2) is 6.59. The fourth-order valence-electron chi connectivity index (χ4n) is 3.99. The molecule has 2 atom stereocenters. The predicted molar refractivity (Wildman–Crippen MR) is 112 cm³/mol. The normalized spacial score (nSPS) is 18.9. The monoisotopic (exact) mass is 393 g/mol. The number of para-hydroxylation sites is 2. The van der Waals surface area contributed by atoms with Crippen molar-refractivity contribution in [2.45, 2.75) is 18.5 Å². The Kier molecular flexibility index (Phi) is 4.07. The summed E-state index contributed by atoms with van der Waals surface area (Å²) in [5.41, 5.74) is 4.21. The van der Waals surface area contributed by atoms with E-state index in [2.05, 4.69) is 40.2 Å². The summed E-state index contributed by atoms with van der Waals surface area (Å²) in [5, 5.41) is 4.98. The van der Waals surface area contributed by atoms with Gasteiger partial charge >= 0.3 is 0 Å². The van der Waals surface area contributed by atoms with Crippen molar-refractivity contribution in [2.24, 2.45) is 0 Å². The van der Waals surface area contributed by atoms with Crippen LogP contribution in [-0.4, -0.2) is 9.55 Å². The summed E-state index contributed by atoms with van der Waals surface area (Å²) in [5.74, 6) is 0.845. The predicted octanol–water partition coefficient (Wildman–Crippen LogP) is 6.49.